The topological polar surface area (TPSA) is 86.8 Å². The first-order valence-corrected chi connectivity index (χ1v) is 8.51. The summed E-state index contributed by atoms with van der Waals surface area (Å²) in [5.41, 5.74) is 3.09. The van der Waals surface area contributed by atoms with Gasteiger partial charge in [-0.3, -0.25) is 9.89 Å². The van der Waals surface area contributed by atoms with Gasteiger partial charge < -0.3 is 10.2 Å². The van der Waals surface area contributed by atoms with Crippen molar-refractivity contribution in [3.63, 3.8) is 0 Å². The Hall–Kier alpha value is -2.44. The van der Waals surface area contributed by atoms with Gasteiger partial charge in [-0.2, -0.15) is 5.10 Å². The van der Waals surface area contributed by atoms with E-state index in [0.717, 1.165) is 35.9 Å². The summed E-state index contributed by atoms with van der Waals surface area (Å²) in [7, 11) is 0. The van der Waals surface area contributed by atoms with Crippen molar-refractivity contribution < 1.29 is 4.79 Å². The van der Waals surface area contributed by atoms with Gasteiger partial charge in [0.05, 0.1) is 5.69 Å². The Morgan fingerprint density at radius 1 is 1.25 bits per heavy atom. The number of nitrogens with zero attached hydrogens (tertiary/aromatic N) is 4. The minimum atomic E-state index is -0.0432. The van der Waals surface area contributed by atoms with E-state index in [1.165, 1.54) is 25.6 Å². The van der Waals surface area contributed by atoms with Crippen LogP contribution in [-0.4, -0.2) is 39.2 Å². The number of carbonyl (C=O) groups excluding carboxylic acids is 1. The number of anilines is 2. The molecule has 0 spiro atoms. The number of piperidine rings is 1. The summed E-state index contributed by atoms with van der Waals surface area (Å²) in [4.78, 5) is 22.9. The number of aryl methyl sites for hydroxylation is 2. The quantitative estimate of drug-likeness (QED) is 0.880. The summed E-state index contributed by atoms with van der Waals surface area (Å²) in [5, 5.41) is 9.98. The standard InChI is InChI=1S/C17H24N6O/c1-12-14(13(2)22-21-12)6-7-17(24)20-15-10-16(19-11-18-15)23-8-4-3-5-9-23/h10-11H,3-9H2,1-2H3,(H,21,22)(H,18,19,20,24). The zero-order valence-corrected chi connectivity index (χ0v) is 14.3. The average molecular weight is 328 g/mol. The van der Waals surface area contributed by atoms with Crippen molar-refractivity contribution in [3.05, 3.63) is 29.3 Å². The van der Waals surface area contributed by atoms with Gasteiger partial charge in [0.2, 0.25) is 5.91 Å². The van der Waals surface area contributed by atoms with Gasteiger partial charge in [0.25, 0.3) is 0 Å². The number of hydrogen-bond acceptors (Lipinski definition) is 5. The molecule has 1 aliphatic rings. The summed E-state index contributed by atoms with van der Waals surface area (Å²) in [5.74, 6) is 1.41. The molecule has 7 nitrogen and oxygen atoms in total. The van der Waals surface area contributed by atoms with Crippen LogP contribution in [0.1, 0.15) is 42.6 Å². The van der Waals surface area contributed by atoms with Crippen LogP contribution >= 0.6 is 0 Å². The first-order chi connectivity index (χ1) is 11.6. The summed E-state index contributed by atoms with van der Waals surface area (Å²) < 4.78 is 0. The van der Waals surface area contributed by atoms with Crippen molar-refractivity contribution in [1.29, 1.82) is 0 Å². The summed E-state index contributed by atoms with van der Waals surface area (Å²) in [6.07, 6.45) is 6.25. The second kappa shape index (κ2) is 7.42. The molecule has 0 atom stereocenters. The Morgan fingerprint density at radius 2 is 2.04 bits per heavy atom. The Bertz CT molecular complexity index is 685. The summed E-state index contributed by atoms with van der Waals surface area (Å²) in [6.45, 7) is 5.96. The zero-order chi connectivity index (χ0) is 16.9. The molecule has 3 rings (SSSR count). The lowest BCUT2D eigenvalue weighted by molar-refractivity contribution is -0.116. The Morgan fingerprint density at radius 3 is 2.75 bits per heavy atom. The van der Waals surface area contributed by atoms with Crippen LogP contribution in [0.3, 0.4) is 0 Å². The molecule has 1 amide bonds. The highest BCUT2D eigenvalue weighted by atomic mass is 16.1. The first kappa shape index (κ1) is 16.4. The fourth-order valence-corrected chi connectivity index (χ4v) is 3.10. The van der Waals surface area contributed by atoms with Gasteiger partial charge >= 0.3 is 0 Å². The zero-order valence-electron chi connectivity index (χ0n) is 14.3. The molecule has 128 valence electrons. The van der Waals surface area contributed by atoms with E-state index >= 15 is 0 Å². The van der Waals surface area contributed by atoms with E-state index in [-0.39, 0.29) is 5.91 Å². The van der Waals surface area contributed by atoms with E-state index in [1.807, 2.05) is 19.9 Å². The highest BCUT2D eigenvalue weighted by molar-refractivity contribution is 5.90. The molecule has 2 N–H and O–H groups in total. The second-order valence-corrected chi connectivity index (χ2v) is 6.27. The summed E-state index contributed by atoms with van der Waals surface area (Å²) in [6, 6.07) is 1.86. The SMILES string of the molecule is Cc1n[nH]c(C)c1CCC(=O)Nc1cc(N2CCCCC2)ncn1. The fourth-order valence-electron chi connectivity index (χ4n) is 3.10. The van der Waals surface area contributed by atoms with E-state index in [9.17, 15) is 4.79 Å². The molecule has 7 heteroatoms. The smallest absolute Gasteiger partial charge is 0.225 e. The lowest BCUT2D eigenvalue weighted by atomic mass is 10.1. The van der Waals surface area contributed by atoms with Crippen LogP contribution in [-0.2, 0) is 11.2 Å². The molecule has 1 fully saturated rings. The third-order valence-corrected chi connectivity index (χ3v) is 4.48. The van der Waals surface area contributed by atoms with E-state index in [2.05, 4.69) is 30.4 Å². The molecule has 3 heterocycles. The van der Waals surface area contributed by atoms with Crippen molar-refractivity contribution in [2.24, 2.45) is 0 Å². The average Bonchev–Trinajstić information content (AvgIpc) is 2.92. The molecule has 1 saturated heterocycles. The number of aromatic nitrogens is 4. The molecule has 0 saturated carbocycles. The number of H-pyrrole nitrogens is 1. The van der Waals surface area contributed by atoms with E-state index in [4.69, 9.17) is 0 Å². The molecule has 24 heavy (non-hydrogen) atoms. The third-order valence-electron chi connectivity index (χ3n) is 4.48. The van der Waals surface area contributed by atoms with Crippen LogP contribution < -0.4 is 10.2 Å². The number of rotatable bonds is 5. The van der Waals surface area contributed by atoms with Crippen LogP contribution in [0.5, 0.6) is 0 Å². The van der Waals surface area contributed by atoms with Gasteiger partial charge in [-0.1, -0.05) is 0 Å². The normalized spacial score (nSPS) is 14.7. The van der Waals surface area contributed by atoms with Gasteiger partial charge in [-0.05, 0) is 45.1 Å². The predicted octanol–water partition coefficient (Wildman–Crippen LogP) is 2.38. The number of amides is 1. The lowest BCUT2D eigenvalue weighted by Gasteiger charge is -2.27. The van der Waals surface area contributed by atoms with Gasteiger partial charge in [0, 0.05) is 31.3 Å². The van der Waals surface area contributed by atoms with Crippen molar-refractivity contribution in [3.8, 4) is 0 Å². The molecular formula is C17H24N6O. The van der Waals surface area contributed by atoms with Crippen molar-refractivity contribution in [1.82, 2.24) is 20.2 Å². The molecule has 0 unspecified atom stereocenters. The molecule has 2 aromatic rings. The number of aromatic amines is 1. The predicted molar refractivity (Wildman–Crippen MR) is 93.1 cm³/mol. The van der Waals surface area contributed by atoms with Crippen LogP contribution in [0.2, 0.25) is 0 Å². The van der Waals surface area contributed by atoms with Crippen molar-refractivity contribution in [2.45, 2.75) is 46.0 Å². The largest absolute Gasteiger partial charge is 0.356 e. The van der Waals surface area contributed by atoms with Gasteiger partial charge in [0.15, 0.2) is 0 Å². The maximum atomic E-state index is 12.2. The first-order valence-electron chi connectivity index (χ1n) is 8.51. The Balaban J connectivity index is 1.58. The van der Waals surface area contributed by atoms with Crippen molar-refractivity contribution in [2.75, 3.05) is 23.3 Å². The van der Waals surface area contributed by atoms with Gasteiger partial charge in [-0.15, -0.1) is 0 Å². The maximum Gasteiger partial charge on any atom is 0.225 e. The van der Waals surface area contributed by atoms with Crippen LogP contribution in [0.25, 0.3) is 0 Å². The van der Waals surface area contributed by atoms with Crippen LogP contribution in [0.15, 0.2) is 12.4 Å². The molecule has 0 radical (unpaired) electrons. The number of nitrogens with one attached hydrogen (secondary N) is 2. The third kappa shape index (κ3) is 3.90. The molecule has 1 aliphatic heterocycles. The van der Waals surface area contributed by atoms with E-state index < -0.39 is 0 Å². The van der Waals surface area contributed by atoms with E-state index in [0.29, 0.717) is 18.7 Å². The van der Waals surface area contributed by atoms with Gasteiger partial charge in [0.1, 0.15) is 18.0 Å². The highest BCUT2D eigenvalue weighted by Crippen LogP contribution is 2.19. The molecular weight excluding hydrogens is 304 g/mol. The lowest BCUT2D eigenvalue weighted by Crippen LogP contribution is -2.30. The maximum absolute atomic E-state index is 12.2. The number of hydrogen-bond donors (Lipinski definition) is 2. The van der Waals surface area contributed by atoms with Crippen LogP contribution in [0, 0.1) is 13.8 Å². The molecule has 0 aliphatic carbocycles. The fraction of sp³-hybridized carbons (Fsp3) is 0.529. The van der Waals surface area contributed by atoms with Crippen LogP contribution in [0.4, 0.5) is 11.6 Å². The van der Waals surface area contributed by atoms with Gasteiger partial charge in [-0.25, -0.2) is 9.97 Å². The minimum absolute atomic E-state index is 0.0432. The Kier molecular flexibility index (Phi) is 5.08. The Labute approximate surface area is 141 Å². The minimum Gasteiger partial charge on any atom is -0.356 e. The monoisotopic (exact) mass is 328 g/mol. The molecule has 2 aromatic heterocycles. The van der Waals surface area contributed by atoms with E-state index in [1.54, 1.807) is 0 Å². The molecule has 0 aromatic carbocycles. The highest BCUT2D eigenvalue weighted by Gasteiger charge is 2.14. The summed E-state index contributed by atoms with van der Waals surface area (Å²) >= 11 is 0. The number of carbonyl (C=O) groups is 1. The second-order valence-electron chi connectivity index (χ2n) is 6.27. The van der Waals surface area contributed by atoms with Crippen molar-refractivity contribution >= 4 is 17.5 Å². The molecule has 0 bridgehead atoms.